The van der Waals surface area contributed by atoms with Crippen LogP contribution in [0.25, 0.3) is 0 Å². The molecule has 0 radical (unpaired) electrons. The molecule has 2 heterocycles. The Bertz CT molecular complexity index is 410. The lowest BCUT2D eigenvalue weighted by molar-refractivity contribution is -0.121. The first kappa shape index (κ1) is 13.8. The topological polar surface area (TPSA) is 79.4 Å². The van der Waals surface area contributed by atoms with Crippen LogP contribution in [0.5, 0.6) is 0 Å². The Kier molecular flexibility index (Phi) is 4.75. The number of anilines is 1. The van der Waals surface area contributed by atoms with Crippen LogP contribution in [0.3, 0.4) is 0 Å². The van der Waals surface area contributed by atoms with Crippen LogP contribution < -0.4 is 11.1 Å². The van der Waals surface area contributed by atoms with E-state index in [1.165, 1.54) is 0 Å². The minimum absolute atomic E-state index is 0.0303. The molecule has 7 heteroatoms. The van der Waals surface area contributed by atoms with Crippen LogP contribution in [0, 0.1) is 0 Å². The van der Waals surface area contributed by atoms with E-state index in [0.29, 0.717) is 12.4 Å². The van der Waals surface area contributed by atoms with Crippen molar-refractivity contribution in [2.75, 3.05) is 52.0 Å². The van der Waals surface area contributed by atoms with Crippen molar-refractivity contribution >= 4 is 11.7 Å². The molecule has 7 nitrogen and oxygen atoms in total. The highest BCUT2D eigenvalue weighted by Crippen LogP contribution is 1.98. The molecule has 1 aromatic rings. The quantitative estimate of drug-likeness (QED) is 0.702. The molecule has 1 aromatic heterocycles. The predicted octanol–water partition coefficient (Wildman–Crippen LogP) is -1.17. The van der Waals surface area contributed by atoms with Gasteiger partial charge in [-0.2, -0.15) is 5.10 Å². The van der Waals surface area contributed by atoms with Crippen LogP contribution in [0.15, 0.2) is 12.3 Å². The lowest BCUT2D eigenvalue weighted by Crippen LogP contribution is -2.47. The van der Waals surface area contributed by atoms with Crippen molar-refractivity contribution in [3.8, 4) is 0 Å². The van der Waals surface area contributed by atoms with Gasteiger partial charge in [-0.25, -0.2) is 0 Å². The first-order valence-corrected chi connectivity index (χ1v) is 6.60. The summed E-state index contributed by atoms with van der Waals surface area (Å²) < 4.78 is 1.54. The van der Waals surface area contributed by atoms with Gasteiger partial charge in [0.25, 0.3) is 0 Å². The minimum atomic E-state index is -0.0303. The molecular weight excluding hydrogens is 244 g/mol. The fraction of sp³-hybridized carbons (Fsp3) is 0.667. The number of hydrogen-bond donors (Lipinski definition) is 2. The second kappa shape index (κ2) is 6.53. The van der Waals surface area contributed by atoms with Crippen LogP contribution >= 0.6 is 0 Å². The van der Waals surface area contributed by atoms with E-state index in [-0.39, 0.29) is 12.5 Å². The number of nitrogen functional groups attached to an aromatic ring is 1. The summed E-state index contributed by atoms with van der Waals surface area (Å²) >= 11 is 0. The summed E-state index contributed by atoms with van der Waals surface area (Å²) in [5.41, 5.74) is 5.49. The Hall–Kier alpha value is -1.60. The molecule has 1 fully saturated rings. The highest BCUT2D eigenvalue weighted by atomic mass is 16.2. The molecule has 0 unspecified atom stereocenters. The van der Waals surface area contributed by atoms with Crippen molar-refractivity contribution in [1.29, 1.82) is 0 Å². The van der Waals surface area contributed by atoms with Gasteiger partial charge < -0.3 is 16.0 Å². The monoisotopic (exact) mass is 266 g/mol. The normalized spacial score (nSPS) is 17.5. The SMILES string of the molecule is CN1CCN(CCNC(=O)Cn2ccc(N)n2)CC1. The predicted molar refractivity (Wildman–Crippen MR) is 73.6 cm³/mol. The number of likely N-dealkylation sites (N-methyl/N-ethyl adjacent to an activating group) is 1. The summed E-state index contributed by atoms with van der Waals surface area (Å²) in [7, 11) is 2.13. The average Bonchev–Trinajstić information content (AvgIpc) is 2.77. The van der Waals surface area contributed by atoms with E-state index in [1.54, 1.807) is 16.9 Å². The summed E-state index contributed by atoms with van der Waals surface area (Å²) in [6.07, 6.45) is 1.70. The zero-order valence-corrected chi connectivity index (χ0v) is 11.4. The van der Waals surface area contributed by atoms with Crippen LogP contribution in [-0.4, -0.2) is 71.8 Å². The molecule has 0 spiro atoms. The third kappa shape index (κ3) is 4.53. The third-order valence-corrected chi connectivity index (χ3v) is 3.31. The molecule has 1 amide bonds. The van der Waals surface area contributed by atoms with Gasteiger partial charge in [0.2, 0.25) is 5.91 Å². The van der Waals surface area contributed by atoms with Crippen molar-refractivity contribution in [3.05, 3.63) is 12.3 Å². The van der Waals surface area contributed by atoms with E-state index in [2.05, 4.69) is 27.3 Å². The molecule has 3 N–H and O–H groups in total. The highest BCUT2D eigenvalue weighted by molar-refractivity contribution is 5.75. The second-order valence-electron chi connectivity index (χ2n) is 4.93. The number of piperazine rings is 1. The van der Waals surface area contributed by atoms with Gasteiger partial charge in [0, 0.05) is 45.5 Å². The lowest BCUT2D eigenvalue weighted by Gasteiger charge is -2.32. The molecule has 0 aliphatic carbocycles. The first-order valence-electron chi connectivity index (χ1n) is 6.60. The maximum Gasteiger partial charge on any atom is 0.241 e. The second-order valence-corrected chi connectivity index (χ2v) is 4.93. The summed E-state index contributed by atoms with van der Waals surface area (Å²) in [5.74, 6) is 0.405. The summed E-state index contributed by atoms with van der Waals surface area (Å²) in [6, 6.07) is 1.68. The van der Waals surface area contributed by atoms with Gasteiger partial charge in [0.05, 0.1) is 0 Å². The Morgan fingerprint density at radius 2 is 2.16 bits per heavy atom. The zero-order valence-electron chi connectivity index (χ0n) is 11.4. The number of hydrogen-bond acceptors (Lipinski definition) is 5. The maximum absolute atomic E-state index is 11.7. The van der Waals surface area contributed by atoms with Crippen molar-refractivity contribution in [2.24, 2.45) is 0 Å². The Labute approximate surface area is 113 Å². The average molecular weight is 266 g/mol. The minimum Gasteiger partial charge on any atom is -0.382 e. The van der Waals surface area contributed by atoms with Gasteiger partial charge in [-0.3, -0.25) is 14.4 Å². The van der Waals surface area contributed by atoms with Crippen molar-refractivity contribution in [3.63, 3.8) is 0 Å². The molecule has 19 heavy (non-hydrogen) atoms. The van der Waals surface area contributed by atoms with E-state index >= 15 is 0 Å². The molecule has 1 aliphatic rings. The molecule has 106 valence electrons. The lowest BCUT2D eigenvalue weighted by atomic mass is 10.3. The molecule has 0 bridgehead atoms. The summed E-state index contributed by atoms with van der Waals surface area (Å²) in [5, 5.41) is 6.88. The third-order valence-electron chi connectivity index (χ3n) is 3.31. The Morgan fingerprint density at radius 3 is 2.79 bits per heavy atom. The molecule has 1 saturated heterocycles. The number of carbonyl (C=O) groups excluding carboxylic acids is 1. The van der Waals surface area contributed by atoms with E-state index < -0.39 is 0 Å². The van der Waals surface area contributed by atoms with Crippen molar-refractivity contribution in [1.82, 2.24) is 24.9 Å². The van der Waals surface area contributed by atoms with Crippen LogP contribution in [0.4, 0.5) is 5.82 Å². The van der Waals surface area contributed by atoms with Gasteiger partial charge >= 0.3 is 0 Å². The number of nitrogens with zero attached hydrogens (tertiary/aromatic N) is 4. The highest BCUT2D eigenvalue weighted by Gasteiger charge is 2.13. The van der Waals surface area contributed by atoms with E-state index in [0.717, 1.165) is 32.7 Å². The van der Waals surface area contributed by atoms with E-state index in [9.17, 15) is 4.79 Å². The standard InChI is InChI=1S/C12H22N6O/c1-16-6-8-17(9-7-16)5-3-14-12(19)10-18-4-2-11(13)15-18/h2,4H,3,5-10H2,1H3,(H2,13,15)(H,14,19). The number of nitrogens with two attached hydrogens (primary N) is 1. The number of aromatic nitrogens is 2. The molecular formula is C12H22N6O. The first-order chi connectivity index (χ1) is 9.13. The summed E-state index contributed by atoms with van der Waals surface area (Å²) in [4.78, 5) is 16.4. The smallest absolute Gasteiger partial charge is 0.241 e. The molecule has 0 saturated carbocycles. The number of nitrogens with one attached hydrogen (secondary N) is 1. The zero-order chi connectivity index (χ0) is 13.7. The van der Waals surface area contributed by atoms with Crippen LogP contribution in [0.1, 0.15) is 0 Å². The fourth-order valence-electron chi connectivity index (χ4n) is 2.09. The van der Waals surface area contributed by atoms with Gasteiger partial charge in [-0.1, -0.05) is 0 Å². The fourth-order valence-corrected chi connectivity index (χ4v) is 2.09. The van der Waals surface area contributed by atoms with Crippen LogP contribution in [0.2, 0.25) is 0 Å². The van der Waals surface area contributed by atoms with Gasteiger partial charge in [0.15, 0.2) is 0 Å². The van der Waals surface area contributed by atoms with Gasteiger partial charge in [-0.05, 0) is 13.1 Å². The van der Waals surface area contributed by atoms with Gasteiger partial charge in [0.1, 0.15) is 12.4 Å². The Balaban J connectivity index is 1.61. The molecule has 0 atom stereocenters. The number of amides is 1. The molecule has 1 aliphatic heterocycles. The maximum atomic E-state index is 11.7. The largest absolute Gasteiger partial charge is 0.382 e. The summed E-state index contributed by atoms with van der Waals surface area (Å²) in [6.45, 7) is 6.14. The number of carbonyl (C=O) groups is 1. The van der Waals surface area contributed by atoms with E-state index in [4.69, 9.17) is 5.73 Å². The Morgan fingerprint density at radius 1 is 1.42 bits per heavy atom. The van der Waals surface area contributed by atoms with Crippen molar-refractivity contribution < 1.29 is 4.79 Å². The molecule has 2 rings (SSSR count). The van der Waals surface area contributed by atoms with E-state index in [1.807, 2.05) is 0 Å². The number of rotatable bonds is 5. The molecule has 0 aromatic carbocycles. The van der Waals surface area contributed by atoms with Crippen molar-refractivity contribution in [2.45, 2.75) is 6.54 Å². The van der Waals surface area contributed by atoms with Gasteiger partial charge in [-0.15, -0.1) is 0 Å². The van der Waals surface area contributed by atoms with Crippen LogP contribution in [-0.2, 0) is 11.3 Å².